The van der Waals surface area contributed by atoms with Crippen LogP contribution in [0.15, 0.2) is 0 Å². The van der Waals surface area contributed by atoms with Crippen LogP contribution in [0.1, 0.15) is 112 Å². The zero-order valence-corrected chi connectivity index (χ0v) is 12.5. The maximum Gasteiger partial charge on any atom is 0.0267 e. The first-order valence-electron chi connectivity index (χ1n) is 8.81. The lowest BCUT2D eigenvalue weighted by Gasteiger charge is -2.02. The van der Waals surface area contributed by atoms with E-state index in [9.17, 15) is 0 Å². The first-order valence-corrected chi connectivity index (χ1v) is 8.23. The van der Waals surface area contributed by atoms with E-state index in [2.05, 4.69) is 13.8 Å². The second-order valence-electron chi connectivity index (χ2n) is 5.40. The van der Waals surface area contributed by atoms with E-state index in [1.807, 2.05) is 0 Å². The van der Waals surface area contributed by atoms with Gasteiger partial charge in [-0.2, -0.15) is 0 Å². The molecule has 0 saturated carbocycles. The maximum absolute atomic E-state index is 8.01. The van der Waals surface area contributed by atoms with Gasteiger partial charge in [0.15, 0.2) is 0 Å². The van der Waals surface area contributed by atoms with Gasteiger partial charge in [0.1, 0.15) is 0 Å². The highest BCUT2D eigenvalue weighted by atomic mass is 14.0. The van der Waals surface area contributed by atoms with Crippen LogP contribution in [0.5, 0.6) is 0 Å². The Kier molecular flexibility index (Phi) is 14.2. The van der Waals surface area contributed by atoms with Crippen LogP contribution in [0, 0.1) is 0 Å². The van der Waals surface area contributed by atoms with Gasteiger partial charge in [-0.1, -0.05) is 110 Å². The summed E-state index contributed by atoms with van der Waals surface area (Å²) in [7, 11) is 0. The molecular weight excluding hydrogens is 204 g/mol. The van der Waals surface area contributed by atoms with E-state index < -0.39 is 0 Å². The van der Waals surface area contributed by atoms with Crippen LogP contribution in [0.25, 0.3) is 0 Å². The smallest absolute Gasteiger partial charge is 0.0267 e. The minimum Gasteiger partial charge on any atom is -0.0654 e. The third-order valence-corrected chi connectivity index (χ3v) is 3.52. The fourth-order valence-corrected chi connectivity index (χ4v) is 2.28. The van der Waals surface area contributed by atoms with Crippen molar-refractivity contribution in [2.45, 2.75) is 110 Å². The van der Waals surface area contributed by atoms with Gasteiger partial charge in [0, 0.05) is 1.37 Å². The van der Waals surface area contributed by atoms with Crippen LogP contribution in [-0.4, -0.2) is 0 Å². The average molecular weight is 241 g/mol. The van der Waals surface area contributed by atoms with E-state index in [1.54, 1.807) is 0 Å². The van der Waals surface area contributed by atoms with Gasteiger partial charge in [0.25, 0.3) is 0 Å². The van der Waals surface area contributed by atoms with Crippen LogP contribution in [0.2, 0.25) is 0 Å². The van der Waals surface area contributed by atoms with Gasteiger partial charge < -0.3 is 0 Å². The van der Waals surface area contributed by atoms with Crippen molar-refractivity contribution in [2.75, 3.05) is 0 Å². The molecule has 17 heavy (non-hydrogen) atoms. The van der Waals surface area contributed by atoms with Gasteiger partial charge in [-0.25, -0.2) is 0 Å². The van der Waals surface area contributed by atoms with E-state index in [0.717, 1.165) is 12.8 Å². The minimum absolute atomic E-state index is 0.224. The topological polar surface area (TPSA) is 0 Å². The first-order chi connectivity index (χ1) is 8.81. The molecular formula is C17H36. The molecule has 104 valence electrons. The summed E-state index contributed by atoms with van der Waals surface area (Å²) in [6.45, 7) is 4.53. The largest absolute Gasteiger partial charge is 0.0654 e. The lowest BCUT2D eigenvalue weighted by Crippen LogP contribution is -1.82. The highest BCUT2D eigenvalue weighted by Gasteiger charge is 1.93. The predicted octanol–water partition coefficient (Wildman–Crippen LogP) is 6.88. The number of unbranched alkanes of at least 4 members (excludes halogenated alkanes) is 10. The second kappa shape index (κ2) is 16.0. The zero-order valence-electron chi connectivity index (χ0n) is 13.5. The Bertz CT molecular complexity index is 129. The Balaban J connectivity index is 3.10. The van der Waals surface area contributed by atoms with Gasteiger partial charge in [0.05, 0.1) is 0 Å². The Labute approximate surface area is 112 Å². The van der Waals surface area contributed by atoms with Gasteiger partial charge in [-0.3, -0.25) is 0 Å². The van der Waals surface area contributed by atoms with E-state index >= 15 is 0 Å². The molecule has 0 fully saturated rings. The molecule has 0 aromatic heterocycles. The summed E-state index contributed by atoms with van der Waals surface area (Å²) in [5, 5.41) is 0. The quantitative estimate of drug-likeness (QED) is 0.291. The summed E-state index contributed by atoms with van der Waals surface area (Å²) in [5.74, 6) is 0. The first kappa shape index (κ1) is 15.1. The Morgan fingerprint density at radius 3 is 1.12 bits per heavy atom. The fraction of sp³-hybridized carbons (Fsp3) is 1.00. The summed E-state index contributed by atoms with van der Waals surface area (Å²) < 4.78 is 8.01. The zero-order chi connectivity index (χ0) is 13.5. The molecule has 0 atom stereocenters. The molecule has 0 radical (unpaired) electrons. The number of rotatable bonds is 14. The third kappa shape index (κ3) is 16.0. The van der Waals surface area contributed by atoms with Gasteiger partial charge in [-0.05, 0) is 0 Å². The predicted molar refractivity (Wildman–Crippen MR) is 80.6 cm³/mol. The normalized spacial score (nSPS) is 12.1. The molecule has 0 amide bonds. The third-order valence-electron chi connectivity index (χ3n) is 3.52. The Hall–Kier alpha value is 0. The van der Waals surface area contributed by atoms with Crippen LogP contribution in [0.4, 0.5) is 0 Å². The van der Waals surface area contributed by atoms with E-state index in [1.165, 1.54) is 77.0 Å². The van der Waals surface area contributed by atoms with Crippen LogP contribution in [-0.2, 0) is 0 Å². The van der Waals surface area contributed by atoms with Crippen LogP contribution in [0.3, 0.4) is 0 Å². The Morgan fingerprint density at radius 2 is 0.765 bits per heavy atom. The number of hydrogen-bond donors (Lipinski definition) is 0. The molecule has 0 heterocycles. The van der Waals surface area contributed by atoms with Crippen molar-refractivity contribution in [1.29, 1.82) is 0 Å². The molecule has 0 aliphatic rings. The molecule has 0 aromatic carbocycles. The lowest BCUT2D eigenvalue weighted by atomic mass is 10.0. The molecule has 0 spiro atoms. The maximum atomic E-state index is 8.01. The van der Waals surface area contributed by atoms with Crippen molar-refractivity contribution in [3.05, 3.63) is 0 Å². The summed E-state index contributed by atoms with van der Waals surface area (Å²) >= 11 is 0. The van der Waals surface area contributed by atoms with Crippen LogP contribution < -0.4 is 0 Å². The highest BCUT2D eigenvalue weighted by Crippen LogP contribution is 2.13. The average Bonchev–Trinajstić information content (AvgIpc) is 2.38. The SMILES string of the molecule is [2H]C(CCCCCCCC)CCCCCCCC. The Morgan fingerprint density at radius 1 is 0.471 bits per heavy atom. The monoisotopic (exact) mass is 241 g/mol. The molecule has 0 aliphatic carbocycles. The van der Waals surface area contributed by atoms with Crippen LogP contribution >= 0.6 is 0 Å². The summed E-state index contributed by atoms with van der Waals surface area (Å²) in [4.78, 5) is 0. The lowest BCUT2D eigenvalue weighted by molar-refractivity contribution is 0.534. The van der Waals surface area contributed by atoms with Crippen molar-refractivity contribution >= 4 is 0 Å². The van der Waals surface area contributed by atoms with E-state index in [-0.39, 0.29) is 6.40 Å². The molecule has 0 nitrogen and oxygen atoms in total. The molecule has 0 bridgehead atoms. The van der Waals surface area contributed by atoms with Crippen molar-refractivity contribution in [3.8, 4) is 0 Å². The molecule has 0 aliphatic heterocycles. The van der Waals surface area contributed by atoms with Gasteiger partial charge in [-0.15, -0.1) is 0 Å². The van der Waals surface area contributed by atoms with Crippen molar-refractivity contribution < 1.29 is 1.37 Å². The fourth-order valence-electron chi connectivity index (χ4n) is 2.28. The molecule has 0 heteroatoms. The summed E-state index contributed by atoms with van der Waals surface area (Å²) in [6.07, 6.45) is 18.8. The summed E-state index contributed by atoms with van der Waals surface area (Å²) in [6, 6.07) is 0. The van der Waals surface area contributed by atoms with Gasteiger partial charge >= 0.3 is 0 Å². The molecule has 0 saturated heterocycles. The van der Waals surface area contributed by atoms with Crippen molar-refractivity contribution in [2.24, 2.45) is 0 Å². The van der Waals surface area contributed by atoms with Crippen molar-refractivity contribution in [1.82, 2.24) is 0 Å². The second-order valence-corrected chi connectivity index (χ2v) is 5.40. The molecule has 0 rings (SSSR count). The number of hydrogen-bond acceptors (Lipinski definition) is 0. The standard InChI is InChI=1S/C17H36/c1-3-5-7-9-11-13-15-17-16-14-12-10-8-6-4-2/h3-17H2,1-2H3/i17D. The summed E-state index contributed by atoms with van der Waals surface area (Å²) in [5.41, 5.74) is 0. The highest BCUT2D eigenvalue weighted by molar-refractivity contribution is 4.48. The van der Waals surface area contributed by atoms with E-state index in [0.29, 0.717) is 0 Å². The molecule has 0 N–H and O–H groups in total. The molecule has 0 unspecified atom stereocenters. The minimum atomic E-state index is 0.224. The van der Waals surface area contributed by atoms with E-state index in [4.69, 9.17) is 1.37 Å². The van der Waals surface area contributed by atoms with Gasteiger partial charge in [0.2, 0.25) is 0 Å². The van der Waals surface area contributed by atoms with Crippen molar-refractivity contribution in [3.63, 3.8) is 0 Å². The molecule has 0 aromatic rings.